The van der Waals surface area contributed by atoms with Gasteiger partial charge >= 0.3 is 0 Å². The summed E-state index contributed by atoms with van der Waals surface area (Å²) in [5, 5.41) is -0.796. The van der Waals surface area contributed by atoms with Crippen molar-refractivity contribution in [3.63, 3.8) is 0 Å². The van der Waals surface area contributed by atoms with Crippen molar-refractivity contribution in [3.8, 4) is 5.75 Å². The number of nitrogens with one attached hydrogen (secondary N) is 1. The van der Waals surface area contributed by atoms with Gasteiger partial charge in [-0.05, 0) is 44.4 Å². The van der Waals surface area contributed by atoms with Crippen LogP contribution in [0, 0.1) is 18.7 Å². The first-order chi connectivity index (χ1) is 16.2. The van der Waals surface area contributed by atoms with E-state index in [4.69, 9.17) is 4.74 Å². The summed E-state index contributed by atoms with van der Waals surface area (Å²) in [6.45, 7) is 5.27. The molecule has 180 valence electrons. The van der Waals surface area contributed by atoms with E-state index in [-0.39, 0.29) is 29.3 Å². The lowest BCUT2D eigenvalue weighted by Gasteiger charge is -2.36. The van der Waals surface area contributed by atoms with Crippen molar-refractivity contribution < 1.29 is 21.9 Å². The summed E-state index contributed by atoms with van der Waals surface area (Å²) in [7, 11) is -4.40. The molecule has 0 spiro atoms. The molecule has 1 aliphatic rings. The van der Waals surface area contributed by atoms with E-state index in [9.17, 15) is 17.2 Å². The van der Waals surface area contributed by atoms with E-state index in [1.807, 2.05) is 22.9 Å². The zero-order chi connectivity index (χ0) is 24.3. The number of benzene rings is 1. The highest BCUT2D eigenvalue weighted by Gasteiger charge is 2.28. The zero-order valence-corrected chi connectivity index (χ0v) is 19.7. The Hall–Kier alpha value is -3.11. The second-order valence-electron chi connectivity index (χ2n) is 8.26. The molecule has 0 bridgehead atoms. The van der Waals surface area contributed by atoms with Gasteiger partial charge in [-0.25, -0.2) is 14.4 Å². The first kappa shape index (κ1) is 24.0. The lowest BCUT2D eigenvalue weighted by molar-refractivity contribution is 0.0787. The summed E-state index contributed by atoms with van der Waals surface area (Å²) in [5.41, 5.74) is 1.30. The highest BCUT2D eigenvalue weighted by atomic mass is 32.2. The molecular weight excluding hydrogens is 462 g/mol. The third-order valence-electron chi connectivity index (χ3n) is 5.99. The molecule has 1 fully saturated rings. The van der Waals surface area contributed by atoms with Crippen LogP contribution in [-0.4, -0.2) is 42.5 Å². The van der Waals surface area contributed by atoms with Crippen LogP contribution in [0.25, 0.3) is 0 Å². The molecule has 1 aliphatic heterocycles. The second-order valence-corrected chi connectivity index (χ2v) is 9.86. The summed E-state index contributed by atoms with van der Waals surface area (Å²) < 4.78 is 61.5. The number of hydrogen-bond donors (Lipinski definition) is 1. The SMILES string of the molecule is Cc1c(OC2CCN([C@H](C)c3ccccc3)CC2)cnc(S(=O)(=O)Nc2cccc(F)n2)c1F. The van der Waals surface area contributed by atoms with Gasteiger partial charge in [0.05, 0.1) is 6.20 Å². The van der Waals surface area contributed by atoms with Crippen molar-refractivity contribution >= 4 is 15.8 Å². The fourth-order valence-electron chi connectivity index (χ4n) is 4.00. The molecule has 1 N–H and O–H groups in total. The predicted molar refractivity (Wildman–Crippen MR) is 124 cm³/mol. The van der Waals surface area contributed by atoms with E-state index < -0.39 is 26.8 Å². The lowest BCUT2D eigenvalue weighted by Crippen LogP contribution is -2.39. The first-order valence-corrected chi connectivity index (χ1v) is 12.5. The van der Waals surface area contributed by atoms with E-state index in [0.29, 0.717) is 0 Å². The molecule has 0 unspecified atom stereocenters. The van der Waals surface area contributed by atoms with Gasteiger partial charge in [0.25, 0.3) is 10.0 Å². The van der Waals surface area contributed by atoms with Crippen molar-refractivity contribution in [1.29, 1.82) is 0 Å². The number of anilines is 1. The minimum Gasteiger partial charge on any atom is -0.488 e. The van der Waals surface area contributed by atoms with E-state index in [2.05, 4.69) is 33.9 Å². The molecule has 7 nitrogen and oxygen atoms in total. The molecule has 0 aliphatic carbocycles. The van der Waals surface area contributed by atoms with Crippen molar-refractivity contribution in [2.75, 3.05) is 17.8 Å². The van der Waals surface area contributed by atoms with Gasteiger partial charge in [0.1, 0.15) is 17.7 Å². The number of piperidine rings is 1. The molecule has 1 saturated heterocycles. The Morgan fingerprint density at radius 2 is 1.79 bits per heavy atom. The zero-order valence-electron chi connectivity index (χ0n) is 18.9. The van der Waals surface area contributed by atoms with Crippen LogP contribution in [-0.2, 0) is 10.0 Å². The molecular formula is C24H26F2N4O3S. The number of sulfonamides is 1. The number of pyridine rings is 2. The van der Waals surface area contributed by atoms with Crippen molar-refractivity contribution in [1.82, 2.24) is 14.9 Å². The second kappa shape index (κ2) is 10.0. The Bertz CT molecular complexity index is 1250. The molecule has 0 saturated carbocycles. The van der Waals surface area contributed by atoms with Gasteiger partial charge in [-0.2, -0.15) is 12.8 Å². The van der Waals surface area contributed by atoms with E-state index >= 15 is 0 Å². The lowest BCUT2D eigenvalue weighted by atomic mass is 10.0. The van der Waals surface area contributed by atoms with E-state index in [1.165, 1.54) is 30.8 Å². The molecule has 1 aromatic carbocycles. The maximum Gasteiger partial charge on any atom is 0.283 e. The van der Waals surface area contributed by atoms with Gasteiger partial charge in [0.2, 0.25) is 11.0 Å². The molecule has 0 amide bonds. The van der Waals surface area contributed by atoms with Gasteiger partial charge in [0, 0.05) is 24.7 Å². The summed E-state index contributed by atoms with van der Waals surface area (Å²) in [6.07, 6.45) is 2.59. The topological polar surface area (TPSA) is 84.4 Å². The molecule has 3 aromatic rings. The Balaban J connectivity index is 1.42. The smallest absolute Gasteiger partial charge is 0.283 e. The quantitative estimate of drug-likeness (QED) is 0.494. The third-order valence-corrected chi connectivity index (χ3v) is 7.27. The number of halogens is 2. The Kier molecular flexibility index (Phi) is 7.08. The Labute approximate surface area is 197 Å². The normalized spacial score (nSPS) is 16.2. The molecule has 4 rings (SSSR count). The van der Waals surface area contributed by atoms with Crippen LogP contribution in [0.5, 0.6) is 5.75 Å². The number of nitrogens with zero attached hydrogens (tertiary/aromatic N) is 3. The number of hydrogen-bond acceptors (Lipinski definition) is 6. The number of aromatic nitrogens is 2. The van der Waals surface area contributed by atoms with Crippen LogP contribution in [0.1, 0.15) is 36.9 Å². The average Bonchev–Trinajstić information content (AvgIpc) is 2.82. The third kappa shape index (κ3) is 5.34. The standard InChI is InChI=1S/C24H26F2N4O3S/c1-16-20(33-19-11-13-30(14-12-19)17(2)18-7-4-3-5-8-18)15-27-24(23(16)26)34(31,32)29-22-10-6-9-21(25)28-22/h3-10,15,17,19H,11-14H2,1-2H3,(H,28,29)/t17-/m1/s1. The highest BCUT2D eigenvalue weighted by Crippen LogP contribution is 2.29. The fourth-order valence-corrected chi connectivity index (χ4v) is 5.07. The highest BCUT2D eigenvalue weighted by molar-refractivity contribution is 7.92. The molecule has 1 atom stereocenters. The Morgan fingerprint density at radius 3 is 2.47 bits per heavy atom. The molecule has 3 heterocycles. The van der Waals surface area contributed by atoms with Gasteiger partial charge in [-0.1, -0.05) is 36.4 Å². The van der Waals surface area contributed by atoms with Crippen LogP contribution in [0.3, 0.4) is 0 Å². The van der Waals surface area contributed by atoms with Crippen LogP contribution in [0.2, 0.25) is 0 Å². The van der Waals surface area contributed by atoms with Gasteiger partial charge < -0.3 is 4.74 Å². The monoisotopic (exact) mass is 488 g/mol. The number of rotatable bonds is 7. The molecule has 0 radical (unpaired) electrons. The minimum absolute atomic E-state index is 0.0441. The first-order valence-electron chi connectivity index (χ1n) is 11.0. The van der Waals surface area contributed by atoms with Crippen LogP contribution in [0.15, 0.2) is 59.8 Å². The van der Waals surface area contributed by atoms with Crippen molar-refractivity contribution in [2.24, 2.45) is 0 Å². The Morgan fingerprint density at radius 1 is 1.09 bits per heavy atom. The van der Waals surface area contributed by atoms with Gasteiger partial charge in [-0.3, -0.25) is 9.62 Å². The van der Waals surface area contributed by atoms with E-state index in [1.54, 1.807) is 0 Å². The van der Waals surface area contributed by atoms with Crippen molar-refractivity contribution in [2.45, 2.75) is 43.9 Å². The minimum atomic E-state index is -4.40. The number of ether oxygens (including phenoxy) is 1. The summed E-state index contributed by atoms with van der Waals surface area (Å²) in [4.78, 5) is 9.61. The average molecular weight is 489 g/mol. The molecule has 2 aromatic heterocycles. The summed E-state index contributed by atoms with van der Waals surface area (Å²) in [6, 6.07) is 14.2. The van der Waals surface area contributed by atoms with Crippen LogP contribution < -0.4 is 9.46 Å². The molecule has 34 heavy (non-hydrogen) atoms. The maximum atomic E-state index is 15.0. The fraction of sp³-hybridized carbons (Fsp3) is 0.333. The summed E-state index contributed by atoms with van der Waals surface area (Å²) in [5.74, 6) is -1.94. The van der Waals surface area contributed by atoms with Crippen LogP contribution in [0.4, 0.5) is 14.6 Å². The predicted octanol–water partition coefficient (Wildman–Crippen LogP) is 4.47. The molecule has 10 heteroatoms. The number of likely N-dealkylation sites (tertiary alicyclic amines) is 1. The van der Waals surface area contributed by atoms with Crippen LogP contribution >= 0.6 is 0 Å². The van der Waals surface area contributed by atoms with Gasteiger partial charge in [0.15, 0.2) is 5.82 Å². The van der Waals surface area contributed by atoms with Crippen molar-refractivity contribution in [3.05, 3.63) is 77.6 Å². The largest absolute Gasteiger partial charge is 0.488 e. The summed E-state index contributed by atoms with van der Waals surface area (Å²) >= 11 is 0. The van der Waals surface area contributed by atoms with Gasteiger partial charge in [-0.15, -0.1) is 0 Å². The van der Waals surface area contributed by atoms with E-state index in [0.717, 1.165) is 32.0 Å². The maximum absolute atomic E-state index is 15.0.